The molecule has 4 rings (SSSR count). The molecule has 0 saturated carbocycles. The van der Waals surface area contributed by atoms with E-state index in [2.05, 4.69) is 10.3 Å². The number of nitrogens with zero attached hydrogens (tertiary/aromatic N) is 1. The number of rotatable bonds is 6. The zero-order valence-electron chi connectivity index (χ0n) is 15.5. The predicted octanol–water partition coefficient (Wildman–Crippen LogP) is 6.09. The van der Waals surface area contributed by atoms with Crippen LogP contribution in [0.5, 0.6) is 0 Å². The Morgan fingerprint density at radius 2 is 1.43 bits per heavy atom. The van der Waals surface area contributed by atoms with Crippen LogP contribution in [0.25, 0.3) is 11.5 Å². The Labute approximate surface area is 184 Å². The first-order chi connectivity index (χ1) is 14.4. The predicted molar refractivity (Wildman–Crippen MR) is 118 cm³/mol. The van der Waals surface area contributed by atoms with Gasteiger partial charge in [0.15, 0.2) is 0 Å². The van der Waals surface area contributed by atoms with E-state index in [4.69, 9.17) is 27.6 Å². The van der Waals surface area contributed by atoms with Crippen molar-refractivity contribution < 1.29 is 12.8 Å². The average Bonchev–Trinajstić information content (AvgIpc) is 3.20. The van der Waals surface area contributed by atoms with Crippen molar-refractivity contribution in [1.82, 2.24) is 4.98 Å². The topological polar surface area (TPSA) is 72.2 Å². The lowest BCUT2D eigenvalue weighted by molar-refractivity contribution is 0.576. The first-order valence-corrected chi connectivity index (χ1v) is 11.2. The molecule has 1 aromatic heterocycles. The Hall–Kier alpha value is -2.80. The molecule has 0 aliphatic rings. The minimum absolute atomic E-state index is 0.0683. The van der Waals surface area contributed by atoms with Gasteiger partial charge in [-0.2, -0.15) is 4.98 Å². The van der Waals surface area contributed by atoms with Crippen LogP contribution in [0.1, 0.15) is 5.56 Å². The summed E-state index contributed by atoms with van der Waals surface area (Å²) in [6.07, 6.45) is 0. The Morgan fingerprint density at radius 3 is 2.07 bits per heavy atom. The van der Waals surface area contributed by atoms with E-state index >= 15 is 0 Å². The quantitative estimate of drug-likeness (QED) is 0.378. The van der Waals surface area contributed by atoms with Crippen LogP contribution in [0, 0.1) is 0 Å². The van der Waals surface area contributed by atoms with Crippen LogP contribution in [0.4, 0.5) is 5.88 Å². The average molecular weight is 459 g/mol. The smallest absolute Gasteiger partial charge is 0.234 e. The molecule has 0 fully saturated rings. The summed E-state index contributed by atoms with van der Waals surface area (Å²) < 4.78 is 32.2. The Kier molecular flexibility index (Phi) is 5.81. The van der Waals surface area contributed by atoms with Crippen LogP contribution in [0.15, 0.2) is 93.2 Å². The van der Waals surface area contributed by atoms with Crippen molar-refractivity contribution in [3.05, 3.63) is 94.5 Å². The van der Waals surface area contributed by atoms with Crippen LogP contribution < -0.4 is 5.32 Å². The molecule has 30 heavy (non-hydrogen) atoms. The lowest BCUT2D eigenvalue weighted by atomic mass is 10.2. The van der Waals surface area contributed by atoms with E-state index in [1.807, 2.05) is 12.1 Å². The first-order valence-electron chi connectivity index (χ1n) is 8.99. The van der Waals surface area contributed by atoms with E-state index in [1.165, 1.54) is 12.1 Å². The number of hydrogen-bond acceptors (Lipinski definition) is 5. The monoisotopic (exact) mass is 458 g/mol. The fourth-order valence-electron chi connectivity index (χ4n) is 2.81. The van der Waals surface area contributed by atoms with Gasteiger partial charge in [-0.3, -0.25) is 0 Å². The molecule has 1 heterocycles. The second-order valence-electron chi connectivity index (χ2n) is 6.46. The van der Waals surface area contributed by atoms with Gasteiger partial charge in [-0.05, 0) is 54.1 Å². The summed E-state index contributed by atoms with van der Waals surface area (Å²) in [4.78, 5) is 4.44. The van der Waals surface area contributed by atoms with E-state index in [0.29, 0.717) is 22.2 Å². The number of sulfone groups is 1. The fourth-order valence-corrected chi connectivity index (χ4v) is 4.36. The van der Waals surface area contributed by atoms with Gasteiger partial charge < -0.3 is 9.73 Å². The SMILES string of the molecule is O=S(=O)(c1ccccc1)c1nc(-c2ccc(Cl)cc2)oc1NCc1ccc(Cl)cc1. The fraction of sp³-hybridized carbons (Fsp3) is 0.0455. The molecule has 5 nitrogen and oxygen atoms in total. The molecule has 0 saturated heterocycles. The molecule has 0 aliphatic carbocycles. The third-order valence-corrected chi connectivity index (χ3v) is 6.54. The molecule has 0 amide bonds. The molecule has 0 spiro atoms. The molecule has 0 aliphatic heterocycles. The van der Waals surface area contributed by atoms with Gasteiger partial charge in [-0.15, -0.1) is 0 Å². The van der Waals surface area contributed by atoms with Gasteiger partial charge in [0.2, 0.25) is 26.6 Å². The number of aromatic nitrogens is 1. The number of benzene rings is 3. The first kappa shape index (κ1) is 20.5. The molecule has 3 aromatic carbocycles. The second-order valence-corrected chi connectivity index (χ2v) is 9.19. The number of oxazole rings is 1. The summed E-state index contributed by atoms with van der Waals surface area (Å²) in [6, 6.07) is 22.1. The maximum atomic E-state index is 13.2. The van der Waals surface area contributed by atoms with Gasteiger partial charge >= 0.3 is 0 Å². The summed E-state index contributed by atoms with van der Waals surface area (Å²) in [7, 11) is -3.89. The Balaban J connectivity index is 1.74. The molecule has 4 aromatic rings. The molecule has 0 bridgehead atoms. The molecule has 0 radical (unpaired) electrons. The van der Waals surface area contributed by atoms with Crippen LogP contribution in [-0.4, -0.2) is 13.4 Å². The zero-order valence-corrected chi connectivity index (χ0v) is 17.9. The summed E-state index contributed by atoms with van der Waals surface area (Å²) in [5.74, 6) is 0.249. The van der Waals surface area contributed by atoms with E-state index in [1.54, 1.807) is 54.6 Å². The Morgan fingerprint density at radius 1 is 0.833 bits per heavy atom. The van der Waals surface area contributed by atoms with Crippen LogP contribution in [0.3, 0.4) is 0 Å². The molecule has 0 atom stereocenters. The number of halogens is 2. The van der Waals surface area contributed by atoms with Crippen LogP contribution in [-0.2, 0) is 16.4 Å². The second kappa shape index (κ2) is 8.52. The maximum Gasteiger partial charge on any atom is 0.234 e. The van der Waals surface area contributed by atoms with Crippen molar-refractivity contribution >= 4 is 38.9 Å². The van der Waals surface area contributed by atoms with Crippen molar-refractivity contribution in [3.8, 4) is 11.5 Å². The van der Waals surface area contributed by atoms with Crippen molar-refractivity contribution in [1.29, 1.82) is 0 Å². The summed E-state index contributed by atoms with van der Waals surface area (Å²) in [6.45, 7) is 0.337. The standard InChI is InChI=1S/C22H16Cl2N2O3S/c23-17-10-6-15(7-11-17)14-25-21-22(30(27,28)19-4-2-1-3-5-19)26-20(29-21)16-8-12-18(24)13-9-16/h1-13,25H,14H2. The van der Waals surface area contributed by atoms with Gasteiger partial charge in [0, 0.05) is 22.2 Å². The van der Waals surface area contributed by atoms with E-state index in [9.17, 15) is 8.42 Å². The molecular weight excluding hydrogens is 443 g/mol. The van der Waals surface area contributed by atoms with E-state index in [-0.39, 0.29) is 21.7 Å². The highest BCUT2D eigenvalue weighted by Gasteiger charge is 2.28. The van der Waals surface area contributed by atoms with Crippen molar-refractivity contribution in [2.24, 2.45) is 0 Å². The minimum Gasteiger partial charge on any atom is -0.419 e. The van der Waals surface area contributed by atoms with Gasteiger partial charge in [0.05, 0.1) is 4.90 Å². The molecule has 8 heteroatoms. The molecule has 1 N–H and O–H groups in total. The molecular formula is C22H16Cl2N2O3S. The normalized spacial score (nSPS) is 11.4. The van der Waals surface area contributed by atoms with Gasteiger partial charge in [0.1, 0.15) is 0 Å². The van der Waals surface area contributed by atoms with Gasteiger partial charge in [-0.1, -0.05) is 53.5 Å². The Bertz CT molecular complexity index is 1250. The highest BCUT2D eigenvalue weighted by atomic mass is 35.5. The highest BCUT2D eigenvalue weighted by molar-refractivity contribution is 7.91. The maximum absolute atomic E-state index is 13.2. The largest absolute Gasteiger partial charge is 0.419 e. The number of nitrogens with one attached hydrogen (secondary N) is 1. The van der Waals surface area contributed by atoms with Crippen LogP contribution >= 0.6 is 23.2 Å². The third-order valence-electron chi connectivity index (χ3n) is 4.36. The van der Waals surface area contributed by atoms with Crippen molar-refractivity contribution in [2.45, 2.75) is 16.5 Å². The van der Waals surface area contributed by atoms with Crippen molar-refractivity contribution in [2.75, 3.05) is 5.32 Å². The lowest BCUT2D eigenvalue weighted by Crippen LogP contribution is -2.07. The molecule has 0 unspecified atom stereocenters. The summed E-state index contributed by atoms with van der Waals surface area (Å²) in [5.41, 5.74) is 1.52. The summed E-state index contributed by atoms with van der Waals surface area (Å²) >= 11 is 11.9. The van der Waals surface area contributed by atoms with Crippen LogP contribution in [0.2, 0.25) is 10.0 Å². The molecule has 152 valence electrons. The van der Waals surface area contributed by atoms with E-state index < -0.39 is 9.84 Å². The highest BCUT2D eigenvalue weighted by Crippen LogP contribution is 2.33. The number of hydrogen-bond donors (Lipinski definition) is 1. The minimum atomic E-state index is -3.89. The van der Waals surface area contributed by atoms with E-state index in [0.717, 1.165) is 5.56 Å². The lowest BCUT2D eigenvalue weighted by Gasteiger charge is -2.06. The summed E-state index contributed by atoms with van der Waals surface area (Å²) in [5, 5.41) is 4.06. The third kappa shape index (κ3) is 4.36. The number of anilines is 1. The zero-order chi connectivity index (χ0) is 21.1. The van der Waals surface area contributed by atoms with Crippen molar-refractivity contribution in [3.63, 3.8) is 0 Å². The van der Waals surface area contributed by atoms with Gasteiger partial charge in [-0.25, -0.2) is 8.42 Å². The van der Waals surface area contributed by atoms with Gasteiger partial charge in [0.25, 0.3) is 0 Å².